The van der Waals surface area contributed by atoms with Crippen molar-refractivity contribution in [2.75, 3.05) is 26.3 Å². The molecule has 0 unspecified atom stereocenters. The summed E-state index contributed by atoms with van der Waals surface area (Å²) in [6, 6.07) is 4.99. The predicted molar refractivity (Wildman–Crippen MR) is 85.9 cm³/mol. The Morgan fingerprint density at radius 1 is 1.25 bits per heavy atom. The largest absolute Gasteiger partial charge is 0.379 e. The highest BCUT2D eigenvalue weighted by molar-refractivity contribution is 7.87. The molecule has 7 nitrogen and oxygen atoms in total. The summed E-state index contributed by atoms with van der Waals surface area (Å²) >= 11 is 0. The molecule has 0 bridgehead atoms. The molecule has 1 aliphatic heterocycles. The van der Waals surface area contributed by atoms with Gasteiger partial charge in [0.1, 0.15) is 17.7 Å². The van der Waals surface area contributed by atoms with E-state index in [1.165, 1.54) is 16.4 Å². The maximum absolute atomic E-state index is 13.2. The van der Waals surface area contributed by atoms with Crippen molar-refractivity contribution in [3.05, 3.63) is 53.9 Å². The van der Waals surface area contributed by atoms with E-state index < -0.39 is 16.3 Å². The lowest BCUT2D eigenvalue weighted by Crippen LogP contribution is -2.48. The van der Waals surface area contributed by atoms with E-state index in [1.807, 2.05) is 0 Å². The Morgan fingerprint density at radius 3 is 2.50 bits per heavy atom. The Balaban J connectivity index is 1.93. The second-order valence-electron chi connectivity index (χ2n) is 5.52. The standard InChI is InChI=1S/C15H19FN4O3S/c1-19-7-6-17-15(19)14(12-2-4-13(16)5-3-12)18-24(21,22)20-8-10-23-11-9-20/h2-7,14,18H,8-11H2,1H3/t14-/m0/s1. The average molecular weight is 354 g/mol. The van der Waals surface area contributed by atoms with Gasteiger partial charge in [-0.15, -0.1) is 0 Å². The second kappa shape index (κ2) is 6.98. The molecule has 2 heterocycles. The van der Waals surface area contributed by atoms with Gasteiger partial charge >= 0.3 is 0 Å². The molecule has 1 aromatic heterocycles. The van der Waals surface area contributed by atoms with E-state index in [0.29, 0.717) is 37.7 Å². The number of aromatic nitrogens is 2. The molecule has 1 atom stereocenters. The first kappa shape index (κ1) is 17.0. The maximum Gasteiger partial charge on any atom is 0.280 e. The van der Waals surface area contributed by atoms with Gasteiger partial charge in [0.2, 0.25) is 0 Å². The van der Waals surface area contributed by atoms with Gasteiger partial charge in [-0.05, 0) is 17.7 Å². The van der Waals surface area contributed by atoms with Crippen LogP contribution in [-0.2, 0) is 22.0 Å². The van der Waals surface area contributed by atoms with Crippen LogP contribution < -0.4 is 4.72 Å². The SMILES string of the molecule is Cn1ccnc1[C@@H](NS(=O)(=O)N1CCOCC1)c1ccc(F)cc1. The molecular weight excluding hydrogens is 335 g/mol. The fourth-order valence-electron chi connectivity index (χ4n) is 2.59. The number of ether oxygens (including phenoxy) is 1. The first-order valence-corrected chi connectivity index (χ1v) is 8.99. The third-order valence-electron chi connectivity index (χ3n) is 3.90. The zero-order valence-electron chi connectivity index (χ0n) is 13.2. The molecule has 24 heavy (non-hydrogen) atoms. The Morgan fingerprint density at radius 2 is 1.92 bits per heavy atom. The molecule has 1 aromatic carbocycles. The molecule has 1 N–H and O–H groups in total. The summed E-state index contributed by atoms with van der Waals surface area (Å²) in [5, 5.41) is 0. The minimum atomic E-state index is -3.73. The topological polar surface area (TPSA) is 76.5 Å². The van der Waals surface area contributed by atoms with Crippen molar-refractivity contribution >= 4 is 10.2 Å². The van der Waals surface area contributed by atoms with Crippen LogP contribution in [0.4, 0.5) is 4.39 Å². The van der Waals surface area contributed by atoms with Gasteiger partial charge in [-0.1, -0.05) is 12.1 Å². The minimum Gasteiger partial charge on any atom is -0.379 e. The molecule has 0 spiro atoms. The van der Waals surface area contributed by atoms with Gasteiger partial charge in [-0.3, -0.25) is 0 Å². The number of hydrogen-bond donors (Lipinski definition) is 1. The fourth-order valence-corrected chi connectivity index (χ4v) is 3.91. The van der Waals surface area contributed by atoms with Crippen LogP contribution in [0, 0.1) is 5.82 Å². The van der Waals surface area contributed by atoms with Crippen molar-refractivity contribution in [2.45, 2.75) is 6.04 Å². The molecule has 3 rings (SSSR count). The molecule has 130 valence electrons. The van der Waals surface area contributed by atoms with E-state index in [4.69, 9.17) is 4.74 Å². The highest BCUT2D eigenvalue weighted by Crippen LogP contribution is 2.22. The molecule has 1 fully saturated rings. The number of hydrogen-bond acceptors (Lipinski definition) is 4. The van der Waals surface area contributed by atoms with Crippen molar-refractivity contribution in [1.29, 1.82) is 0 Å². The number of halogens is 1. The van der Waals surface area contributed by atoms with Gasteiger partial charge in [0, 0.05) is 32.5 Å². The molecule has 1 saturated heterocycles. The predicted octanol–water partition coefficient (Wildman–Crippen LogP) is 0.815. The highest BCUT2D eigenvalue weighted by atomic mass is 32.2. The summed E-state index contributed by atoms with van der Waals surface area (Å²) in [6.07, 6.45) is 3.32. The van der Waals surface area contributed by atoms with Crippen LogP contribution in [0.5, 0.6) is 0 Å². The normalized spacial score (nSPS) is 17.8. The fraction of sp³-hybridized carbons (Fsp3) is 0.400. The molecule has 0 saturated carbocycles. The van der Waals surface area contributed by atoms with E-state index in [0.717, 1.165) is 0 Å². The monoisotopic (exact) mass is 354 g/mol. The Bertz CT molecular complexity index is 785. The van der Waals surface area contributed by atoms with Crippen LogP contribution in [0.2, 0.25) is 0 Å². The van der Waals surface area contributed by atoms with Crippen molar-refractivity contribution in [3.8, 4) is 0 Å². The van der Waals surface area contributed by atoms with Crippen LogP contribution in [-0.4, -0.2) is 48.6 Å². The van der Waals surface area contributed by atoms with Gasteiger partial charge in [0.05, 0.1) is 13.2 Å². The molecule has 0 amide bonds. The molecule has 0 radical (unpaired) electrons. The first-order valence-electron chi connectivity index (χ1n) is 7.55. The van der Waals surface area contributed by atoms with E-state index in [2.05, 4.69) is 9.71 Å². The first-order chi connectivity index (χ1) is 11.5. The minimum absolute atomic E-state index is 0.298. The Kier molecular flexibility index (Phi) is 4.95. The van der Waals surface area contributed by atoms with Crippen LogP contribution >= 0.6 is 0 Å². The molecule has 1 aliphatic rings. The van der Waals surface area contributed by atoms with E-state index in [9.17, 15) is 12.8 Å². The number of aryl methyl sites for hydroxylation is 1. The third-order valence-corrected chi connectivity index (χ3v) is 5.48. The number of nitrogens with one attached hydrogen (secondary N) is 1. The summed E-state index contributed by atoms with van der Waals surface area (Å²) in [6.45, 7) is 1.33. The van der Waals surface area contributed by atoms with E-state index in [-0.39, 0.29) is 5.82 Å². The van der Waals surface area contributed by atoms with Gasteiger partial charge in [-0.2, -0.15) is 17.4 Å². The number of morpholine rings is 1. The molecule has 2 aromatic rings. The van der Waals surface area contributed by atoms with Crippen LogP contribution in [0.1, 0.15) is 17.4 Å². The number of rotatable bonds is 5. The highest BCUT2D eigenvalue weighted by Gasteiger charge is 2.30. The Hall–Kier alpha value is -1.81. The summed E-state index contributed by atoms with van der Waals surface area (Å²) in [7, 11) is -1.95. The zero-order chi connectivity index (χ0) is 17.2. The van der Waals surface area contributed by atoms with Crippen molar-refractivity contribution in [2.24, 2.45) is 7.05 Å². The summed E-state index contributed by atoms with van der Waals surface area (Å²) < 4.78 is 49.6. The summed E-state index contributed by atoms with van der Waals surface area (Å²) in [5.74, 6) is 0.145. The van der Waals surface area contributed by atoms with Gasteiger partial charge < -0.3 is 9.30 Å². The van der Waals surface area contributed by atoms with Crippen LogP contribution in [0.3, 0.4) is 0 Å². The molecular formula is C15H19FN4O3S. The van der Waals surface area contributed by atoms with E-state index >= 15 is 0 Å². The second-order valence-corrected chi connectivity index (χ2v) is 7.22. The average Bonchev–Trinajstić information content (AvgIpc) is 3.00. The molecule has 0 aliphatic carbocycles. The number of imidazole rings is 1. The van der Waals surface area contributed by atoms with Gasteiger partial charge in [0.25, 0.3) is 10.2 Å². The quantitative estimate of drug-likeness (QED) is 0.862. The number of benzene rings is 1. The third kappa shape index (κ3) is 3.64. The maximum atomic E-state index is 13.2. The lowest BCUT2D eigenvalue weighted by atomic mass is 10.1. The molecule has 9 heteroatoms. The van der Waals surface area contributed by atoms with Crippen molar-refractivity contribution < 1.29 is 17.5 Å². The van der Waals surface area contributed by atoms with Crippen LogP contribution in [0.15, 0.2) is 36.7 Å². The van der Waals surface area contributed by atoms with E-state index in [1.54, 1.807) is 36.1 Å². The van der Waals surface area contributed by atoms with Gasteiger partial charge in [0.15, 0.2) is 0 Å². The lowest BCUT2D eigenvalue weighted by molar-refractivity contribution is 0.0723. The smallest absolute Gasteiger partial charge is 0.280 e. The van der Waals surface area contributed by atoms with Gasteiger partial charge in [-0.25, -0.2) is 9.37 Å². The van der Waals surface area contributed by atoms with Crippen LogP contribution in [0.25, 0.3) is 0 Å². The summed E-state index contributed by atoms with van der Waals surface area (Å²) in [5.41, 5.74) is 0.613. The van der Waals surface area contributed by atoms with Crippen molar-refractivity contribution in [3.63, 3.8) is 0 Å². The number of nitrogens with zero attached hydrogens (tertiary/aromatic N) is 3. The Labute approximate surface area is 140 Å². The summed E-state index contributed by atoms with van der Waals surface area (Å²) in [4.78, 5) is 4.24. The lowest BCUT2D eigenvalue weighted by Gasteiger charge is -2.28. The van der Waals surface area contributed by atoms with Crippen molar-refractivity contribution in [1.82, 2.24) is 18.6 Å². The zero-order valence-corrected chi connectivity index (χ0v) is 14.0.